The average molecular weight is 424 g/mol. The molecule has 0 radical (unpaired) electrons. The van der Waals surface area contributed by atoms with E-state index in [4.69, 9.17) is 10.5 Å². The summed E-state index contributed by atoms with van der Waals surface area (Å²) in [5, 5.41) is 0.324. The molecule has 0 heterocycles. The van der Waals surface area contributed by atoms with E-state index in [1.54, 1.807) is 18.4 Å². The summed E-state index contributed by atoms with van der Waals surface area (Å²) >= 11 is 4.52. The molecule has 0 unspecified atom stereocenters. The topological polar surface area (TPSA) is 60.0 Å². The third-order valence-electron chi connectivity index (χ3n) is 2.74. The molecule has 0 aliphatic carbocycles. The van der Waals surface area contributed by atoms with Crippen LogP contribution in [0, 0.1) is 5.82 Å². The monoisotopic (exact) mass is 423 g/mol. The van der Waals surface area contributed by atoms with Gasteiger partial charge in [-0.25, -0.2) is 24.4 Å². The molecule has 0 saturated carbocycles. The van der Waals surface area contributed by atoms with Crippen molar-refractivity contribution in [2.75, 3.05) is 44.1 Å². The van der Waals surface area contributed by atoms with Crippen molar-refractivity contribution in [2.24, 2.45) is 15.7 Å². The molecule has 0 aliphatic heterocycles. The Bertz CT molecular complexity index is 589. The maximum atomic E-state index is 14.1. The zero-order valence-electron chi connectivity index (χ0n) is 13.8. The molecule has 2 N–H and O–H groups in total. The normalized spacial score (nSPS) is 14.2. The van der Waals surface area contributed by atoms with Gasteiger partial charge in [0.05, 0.1) is 12.2 Å². The van der Waals surface area contributed by atoms with Gasteiger partial charge < -0.3 is 10.5 Å². The van der Waals surface area contributed by atoms with E-state index in [1.807, 2.05) is 0 Å². The Morgan fingerprint density at radius 3 is 2.65 bits per heavy atom. The fraction of sp³-hybridized carbons (Fsp3) is 0.467. The number of hydrogen-bond acceptors (Lipinski definition) is 3. The third-order valence-corrected chi connectivity index (χ3v) is 5.14. The van der Waals surface area contributed by atoms with Crippen molar-refractivity contribution in [3.05, 3.63) is 34.1 Å². The van der Waals surface area contributed by atoms with E-state index in [9.17, 15) is 4.39 Å². The highest BCUT2D eigenvalue weighted by atomic mass is 79.9. The van der Waals surface area contributed by atoms with Gasteiger partial charge in [0.25, 0.3) is 0 Å². The summed E-state index contributed by atoms with van der Waals surface area (Å²) in [6.07, 6.45) is 8.49. The Morgan fingerprint density at radius 1 is 1.39 bits per heavy atom. The minimum atomic E-state index is -0.601. The Hall–Kier alpha value is -0.570. The van der Waals surface area contributed by atoms with E-state index in [2.05, 4.69) is 44.7 Å². The Kier molecular flexibility index (Phi) is 8.60. The highest BCUT2D eigenvalue weighted by Gasteiger charge is 2.10. The van der Waals surface area contributed by atoms with Crippen LogP contribution in [0.2, 0.25) is 0 Å². The molecule has 0 spiro atoms. The number of rotatable bonds is 6. The number of benzene rings is 1. The van der Waals surface area contributed by atoms with E-state index in [1.165, 1.54) is 17.8 Å². The smallest absolute Gasteiger partial charge is 0.162 e. The van der Waals surface area contributed by atoms with Crippen LogP contribution in [0.3, 0.4) is 0 Å². The van der Waals surface area contributed by atoms with E-state index in [-0.39, 0.29) is 12.6 Å². The van der Waals surface area contributed by atoms with Crippen LogP contribution in [0.25, 0.3) is 0 Å². The summed E-state index contributed by atoms with van der Waals surface area (Å²) < 4.78 is 20.3. The first-order valence-corrected chi connectivity index (χ1v) is 11.9. The Labute approximate surface area is 151 Å². The van der Waals surface area contributed by atoms with Gasteiger partial charge in [0.15, 0.2) is 11.0 Å². The summed E-state index contributed by atoms with van der Waals surface area (Å²) in [6.45, 7) is 0.756. The van der Waals surface area contributed by atoms with Crippen LogP contribution in [0.15, 0.2) is 32.7 Å². The number of thioether (sulfide) groups is 1. The molecular weight excluding hydrogens is 401 g/mol. The highest BCUT2D eigenvalue weighted by molar-refractivity contribution is 9.10. The van der Waals surface area contributed by atoms with Gasteiger partial charge in [0.2, 0.25) is 0 Å². The van der Waals surface area contributed by atoms with Crippen molar-refractivity contribution in [3.63, 3.8) is 0 Å². The van der Waals surface area contributed by atoms with Gasteiger partial charge in [-0.15, -0.1) is 0 Å². The number of aliphatic imine (C=N–C) groups is 2. The van der Waals surface area contributed by atoms with Crippen LogP contribution in [0.1, 0.15) is 5.56 Å². The van der Waals surface area contributed by atoms with Crippen LogP contribution in [0.5, 0.6) is 0 Å². The van der Waals surface area contributed by atoms with E-state index in [0.717, 1.165) is 5.75 Å². The molecule has 0 bridgehead atoms. The lowest BCUT2D eigenvalue weighted by atomic mass is 10.2. The predicted octanol–water partition coefficient (Wildman–Crippen LogP) is 3.68. The zero-order valence-corrected chi connectivity index (χ0v) is 17.0. The summed E-state index contributed by atoms with van der Waals surface area (Å²) in [4.78, 5) is 8.44. The van der Waals surface area contributed by atoms with E-state index >= 15 is 0 Å². The fourth-order valence-electron chi connectivity index (χ4n) is 1.48. The molecule has 1 aromatic carbocycles. The number of amidine groups is 2. The van der Waals surface area contributed by atoms with Crippen molar-refractivity contribution in [1.29, 1.82) is 0 Å². The summed E-state index contributed by atoms with van der Waals surface area (Å²) in [5.74, 6) is 0.834. The minimum absolute atomic E-state index is 0.130. The molecule has 0 aromatic heterocycles. The lowest BCUT2D eigenvalue weighted by Gasteiger charge is -2.24. The number of halogens is 2. The van der Waals surface area contributed by atoms with Crippen molar-refractivity contribution in [3.8, 4) is 0 Å². The van der Waals surface area contributed by atoms with Gasteiger partial charge in [-0.05, 0) is 43.2 Å². The molecular formula is C15H23BrFN3OS2. The van der Waals surface area contributed by atoms with Gasteiger partial charge in [-0.2, -0.15) is 0 Å². The molecule has 1 rings (SSSR count). The summed E-state index contributed by atoms with van der Waals surface area (Å²) in [5.41, 5.74) is 6.04. The molecule has 0 aliphatic rings. The molecule has 0 atom stereocenters. The molecule has 0 amide bonds. The first-order valence-electron chi connectivity index (χ1n) is 6.84. The first-order chi connectivity index (χ1) is 10.7. The average Bonchev–Trinajstić information content (AvgIpc) is 2.44. The molecule has 0 saturated heterocycles. The standard InChI is InChI=1S/C15H23BrFN3OS2/c1-22-15(18)20-14(12-6-5-11(16)9-13(12)17)19-10-21-7-8-23(2,3)4/h5-6,9H,7-8,10H2,1-4H3,(H2,18,19,20). The quantitative estimate of drug-likeness (QED) is 0.431. The maximum Gasteiger partial charge on any atom is 0.162 e. The molecule has 0 fully saturated rings. The second-order valence-electron chi connectivity index (χ2n) is 5.59. The van der Waals surface area contributed by atoms with Crippen molar-refractivity contribution >= 4 is 48.7 Å². The molecule has 23 heavy (non-hydrogen) atoms. The largest absolute Gasteiger partial charge is 0.378 e. The summed E-state index contributed by atoms with van der Waals surface area (Å²) in [6, 6.07) is 4.73. The van der Waals surface area contributed by atoms with Crippen molar-refractivity contribution in [1.82, 2.24) is 0 Å². The van der Waals surface area contributed by atoms with E-state index in [0.29, 0.717) is 21.8 Å². The van der Waals surface area contributed by atoms with Crippen molar-refractivity contribution in [2.45, 2.75) is 0 Å². The number of nitrogens with two attached hydrogens (primary N) is 1. The predicted molar refractivity (Wildman–Crippen MR) is 107 cm³/mol. The highest BCUT2D eigenvalue weighted by Crippen LogP contribution is 2.33. The van der Waals surface area contributed by atoms with Gasteiger partial charge in [-0.1, -0.05) is 27.7 Å². The lowest BCUT2D eigenvalue weighted by molar-refractivity contribution is 0.158. The zero-order chi connectivity index (χ0) is 17.5. The van der Waals surface area contributed by atoms with Crippen LogP contribution >= 0.6 is 37.7 Å². The van der Waals surface area contributed by atoms with Crippen LogP contribution in [-0.2, 0) is 4.74 Å². The first kappa shape index (κ1) is 20.5. The number of ether oxygens (including phenoxy) is 1. The number of hydrogen-bond donors (Lipinski definition) is 1. The van der Waals surface area contributed by atoms with Gasteiger partial charge >= 0.3 is 0 Å². The van der Waals surface area contributed by atoms with Crippen molar-refractivity contribution < 1.29 is 9.13 Å². The summed E-state index contributed by atoms with van der Waals surface area (Å²) in [7, 11) is -0.601. The van der Waals surface area contributed by atoms with Crippen LogP contribution in [-0.4, -0.2) is 55.1 Å². The van der Waals surface area contributed by atoms with Crippen LogP contribution < -0.4 is 5.73 Å². The molecule has 4 nitrogen and oxygen atoms in total. The SMILES string of the molecule is CSC(N)=NC(=NCOCCS(C)(C)C)c1ccc(Br)cc1F. The van der Waals surface area contributed by atoms with Gasteiger partial charge in [0.1, 0.15) is 12.5 Å². The minimum Gasteiger partial charge on any atom is -0.378 e. The molecule has 1 aromatic rings. The molecule has 8 heteroatoms. The lowest BCUT2D eigenvalue weighted by Crippen LogP contribution is -2.13. The molecule has 130 valence electrons. The Balaban J connectivity index is 2.86. The van der Waals surface area contributed by atoms with Gasteiger partial charge in [-0.3, -0.25) is 0 Å². The number of nitrogens with zero attached hydrogens (tertiary/aromatic N) is 2. The van der Waals surface area contributed by atoms with E-state index < -0.39 is 15.8 Å². The third kappa shape index (κ3) is 8.19. The second-order valence-corrected chi connectivity index (χ2v) is 11.9. The van der Waals surface area contributed by atoms with Gasteiger partial charge in [0, 0.05) is 10.2 Å². The maximum absolute atomic E-state index is 14.1. The van der Waals surface area contributed by atoms with Crippen LogP contribution in [0.4, 0.5) is 4.39 Å². The Morgan fingerprint density at radius 2 is 2.09 bits per heavy atom. The fourth-order valence-corrected chi connectivity index (χ4v) is 2.61. The second kappa shape index (κ2) is 9.66.